The summed E-state index contributed by atoms with van der Waals surface area (Å²) in [5, 5.41) is 12.2. The average Bonchev–Trinajstić information content (AvgIpc) is 2.30. The van der Waals surface area contributed by atoms with Crippen molar-refractivity contribution < 1.29 is 9.90 Å². The largest absolute Gasteiger partial charge is 0.480 e. The minimum atomic E-state index is -0.739. The van der Waals surface area contributed by atoms with E-state index in [0.29, 0.717) is 0 Å². The van der Waals surface area contributed by atoms with Crippen LogP contribution in [-0.2, 0) is 4.79 Å². The monoisotopic (exact) mass is 219 g/mol. The van der Waals surface area contributed by atoms with Gasteiger partial charge in [0.2, 0.25) is 0 Å². The molecule has 16 heavy (non-hydrogen) atoms. The first-order valence-corrected chi connectivity index (χ1v) is 5.72. The van der Waals surface area contributed by atoms with E-state index in [-0.39, 0.29) is 12.1 Å². The molecule has 2 rings (SSSR count). The van der Waals surface area contributed by atoms with E-state index in [2.05, 4.69) is 36.5 Å². The number of nitrogens with one attached hydrogen (secondary N) is 1. The van der Waals surface area contributed by atoms with Crippen molar-refractivity contribution in [2.24, 2.45) is 0 Å². The van der Waals surface area contributed by atoms with Crippen LogP contribution in [0.15, 0.2) is 24.3 Å². The lowest BCUT2D eigenvalue weighted by Crippen LogP contribution is -2.42. The van der Waals surface area contributed by atoms with Crippen LogP contribution in [0.25, 0.3) is 0 Å². The Morgan fingerprint density at radius 3 is 2.62 bits per heavy atom. The van der Waals surface area contributed by atoms with Gasteiger partial charge in [-0.3, -0.25) is 10.1 Å². The van der Waals surface area contributed by atoms with Crippen molar-refractivity contribution in [3.63, 3.8) is 0 Å². The van der Waals surface area contributed by atoms with Crippen LogP contribution in [0, 0.1) is 6.92 Å². The van der Waals surface area contributed by atoms with Gasteiger partial charge in [0.1, 0.15) is 6.04 Å². The second-order valence-corrected chi connectivity index (χ2v) is 4.45. The minimum absolute atomic E-state index is 0.190. The van der Waals surface area contributed by atoms with Gasteiger partial charge >= 0.3 is 5.97 Å². The molecule has 86 valence electrons. The van der Waals surface area contributed by atoms with E-state index in [0.717, 1.165) is 19.3 Å². The molecule has 1 aliphatic rings. The van der Waals surface area contributed by atoms with E-state index in [1.54, 1.807) is 0 Å². The summed E-state index contributed by atoms with van der Waals surface area (Å²) in [6, 6.07) is 8.10. The number of aliphatic carboxylic acids is 1. The molecule has 1 aromatic carbocycles. The number of hydrogen-bond acceptors (Lipinski definition) is 2. The van der Waals surface area contributed by atoms with Gasteiger partial charge in [0.15, 0.2) is 0 Å². The summed E-state index contributed by atoms with van der Waals surface area (Å²) in [4.78, 5) is 10.9. The second-order valence-electron chi connectivity index (χ2n) is 4.45. The van der Waals surface area contributed by atoms with Gasteiger partial charge in [0, 0.05) is 6.04 Å². The molecule has 1 saturated heterocycles. The van der Waals surface area contributed by atoms with E-state index in [1.165, 1.54) is 11.1 Å². The summed E-state index contributed by atoms with van der Waals surface area (Å²) in [7, 11) is 0. The van der Waals surface area contributed by atoms with Crippen molar-refractivity contribution in [3.05, 3.63) is 35.4 Å². The van der Waals surface area contributed by atoms with Crippen molar-refractivity contribution in [1.29, 1.82) is 0 Å². The molecular formula is C13H17NO2. The van der Waals surface area contributed by atoms with Crippen LogP contribution in [0.4, 0.5) is 0 Å². The molecule has 0 aliphatic carbocycles. The average molecular weight is 219 g/mol. The third kappa shape index (κ3) is 2.42. The smallest absolute Gasteiger partial charge is 0.320 e. The molecule has 1 aromatic rings. The number of aryl methyl sites for hydroxylation is 1. The molecule has 2 atom stereocenters. The van der Waals surface area contributed by atoms with E-state index < -0.39 is 5.97 Å². The van der Waals surface area contributed by atoms with Crippen LogP contribution >= 0.6 is 0 Å². The third-order valence-electron chi connectivity index (χ3n) is 3.17. The number of carbonyl (C=O) groups is 1. The fourth-order valence-corrected chi connectivity index (χ4v) is 2.19. The summed E-state index contributed by atoms with van der Waals surface area (Å²) in [6.07, 6.45) is 2.73. The first-order valence-electron chi connectivity index (χ1n) is 5.72. The van der Waals surface area contributed by atoms with Gasteiger partial charge in [-0.05, 0) is 31.7 Å². The molecule has 1 heterocycles. The zero-order chi connectivity index (χ0) is 11.5. The van der Waals surface area contributed by atoms with Crippen LogP contribution in [0.2, 0.25) is 0 Å². The molecule has 1 aliphatic heterocycles. The Kier molecular flexibility index (Phi) is 3.25. The third-order valence-corrected chi connectivity index (χ3v) is 3.17. The predicted molar refractivity (Wildman–Crippen MR) is 62.3 cm³/mol. The first kappa shape index (κ1) is 11.1. The summed E-state index contributed by atoms with van der Waals surface area (Å²) >= 11 is 0. The van der Waals surface area contributed by atoms with Gasteiger partial charge in [-0.25, -0.2) is 0 Å². The van der Waals surface area contributed by atoms with Crippen LogP contribution in [0.1, 0.15) is 36.4 Å². The summed E-state index contributed by atoms with van der Waals surface area (Å²) in [5.41, 5.74) is 2.42. The molecule has 0 aromatic heterocycles. The van der Waals surface area contributed by atoms with E-state index in [1.807, 2.05) is 0 Å². The highest BCUT2D eigenvalue weighted by Gasteiger charge is 2.26. The van der Waals surface area contributed by atoms with E-state index in [9.17, 15) is 4.79 Å². The van der Waals surface area contributed by atoms with Gasteiger partial charge in [0.25, 0.3) is 0 Å². The van der Waals surface area contributed by atoms with Crippen molar-refractivity contribution in [2.75, 3.05) is 0 Å². The fourth-order valence-electron chi connectivity index (χ4n) is 2.19. The van der Waals surface area contributed by atoms with Crippen LogP contribution in [-0.4, -0.2) is 17.1 Å². The minimum Gasteiger partial charge on any atom is -0.480 e. The van der Waals surface area contributed by atoms with Gasteiger partial charge < -0.3 is 5.11 Å². The van der Waals surface area contributed by atoms with Gasteiger partial charge in [0.05, 0.1) is 0 Å². The highest BCUT2D eigenvalue weighted by molar-refractivity contribution is 5.73. The fraction of sp³-hybridized carbons (Fsp3) is 0.462. The number of rotatable bonds is 2. The zero-order valence-electron chi connectivity index (χ0n) is 9.44. The standard InChI is InChI=1S/C13H17NO2/c1-9-5-7-10(8-6-9)11-3-2-4-12(14-11)13(15)16/h5-8,11-12,14H,2-4H2,1H3,(H,15,16). The lowest BCUT2D eigenvalue weighted by atomic mass is 9.93. The number of carboxylic acid groups (broad SMARTS) is 1. The second kappa shape index (κ2) is 4.66. The topological polar surface area (TPSA) is 49.3 Å². The Morgan fingerprint density at radius 2 is 2.00 bits per heavy atom. The van der Waals surface area contributed by atoms with Gasteiger partial charge in [-0.1, -0.05) is 29.8 Å². The Labute approximate surface area is 95.5 Å². The lowest BCUT2D eigenvalue weighted by Gasteiger charge is -2.28. The summed E-state index contributed by atoms with van der Waals surface area (Å²) in [5.74, 6) is -0.739. The summed E-state index contributed by atoms with van der Waals surface area (Å²) < 4.78 is 0. The van der Waals surface area contributed by atoms with Crippen LogP contribution < -0.4 is 5.32 Å². The molecule has 0 spiro atoms. The van der Waals surface area contributed by atoms with Gasteiger partial charge in [-0.2, -0.15) is 0 Å². The lowest BCUT2D eigenvalue weighted by molar-refractivity contribution is -0.140. The SMILES string of the molecule is Cc1ccc(C2CCCC(C(=O)O)N2)cc1. The molecule has 0 amide bonds. The molecule has 2 unspecified atom stereocenters. The number of piperidine rings is 1. The Balaban J connectivity index is 2.09. The number of benzene rings is 1. The molecule has 0 saturated carbocycles. The maximum atomic E-state index is 10.9. The molecule has 0 radical (unpaired) electrons. The molecule has 1 fully saturated rings. The number of hydrogen-bond donors (Lipinski definition) is 2. The number of carboxylic acids is 1. The highest BCUT2D eigenvalue weighted by atomic mass is 16.4. The summed E-state index contributed by atoms with van der Waals surface area (Å²) in [6.45, 7) is 2.05. The highest BCUT2D eigenvalue weighted by Crippen LogP contribution is 2.25. The normalized spacial score (nSPS) is 25.3. The van der Waals surface area contributed by atoms with E-state index in [4.69, 9.17) is 5.11 Å². The van der Waals surface area contributed by atoms with Gasteiger partial charge in [-0.15, -0.1) is 0 Å². The Bertz CT molecular complexity index is 372. The molecule has 3 nitrogen and oxygen atoms in total. The maximum absolute atomic E-state index is 10.9. The predicted octanol–water partition coefficient (Wildman–Crippen LogP) is 2.26. The maximum Gasteiger partial charge on any atom is 0.320 e. The Morgan fingerprint density at radius 1 is 1.31 bits per heavy atom. The molecule has 2 N–H and O–H groups in total. The molecule has 3 heteroatoms. The zero-order valence-corrected chi connectivity index (χ0v) is 9.44. The molecular weight excluding hydrogens is 202 g/mol. The van der Waals surface area contributed by atoms with Crippen LogP contribution in [0.5, 0.6) is 0 Å². The van der Waals surface area contributed by atoms with Crippen molar-refractivity contribution >= 4 is 5.97 Å². The van der Waals surface area contributed by atoms with Crippen molar-refractivity contribution in [3.8, 4) is 0 Å². The van der Waals surface area contributed by atoms with Crippen LogP contribution in [0.3, 0.4) is 0 Å². The Hall–Kier alpha value is -1.35. The van der Waals surface area contributed by atoms with Crippen molar-refractivity contribution in [1.82, 2.24) is 5.32 Å². The van der Waals surface area contributed by atoms with Crippen molar-refractivity contribution in [2.45, 2.75) is 38.3 Å². The quantitative estimate of drug-likeness (QED) is 0.802. The first-order chi connectivity index (χ1) is 7.66. The molecule has 0 bridgehead atoms. The van der Waals surface area contributed by atoms with E-state index >= 15 is 0 Å².